The highest BCUT2D eigenvalue weighted by Crippen LogP contribution is 2.20. The molecule has 3 aromatic carbocycles. The largest absolute Gasteiger partial charge is 0.350 e. The number of aromatic nitrogens is 2. The lowest BCUT2D eigenvalue weighted by atomic mass is 10.1. The van der Waals surface area contributed by atoms with Crippen molar-refractivity contribution in [2.45, 2.75) is 24.4 Å². The lowest BCUT2D eigenvalue weighted by Crippen LogP contribution is -2.40. The monoisotopic (exact) mass is 506 g/mol. The fourth-order valence-electron chi connectivity index (χ4n) is 3.88. The van der Waals surface area contributed by atoms with Crippen LogP contribution in [0, 0.1) is 6.92 Å². The Morgan fingerprint density at radius 1 is 0.917 bits per heavy atom. The lowest BCUT2D eigenvalue weighted by Gasteiger charge is -2.19. The predicted molar refractivity (Wildman–Crippen MR) is 137 cm³/mol. The molecule has 1 unspecified atom stereocenters. The van der Waals surface area contributed by atoms with Gasteiger partial charge in [-0.05, 0) is 36.2 Å². The molecule has 0 aliphatic heterocycles. The summed E-state index contributed by atoms with van der Waals surface area (Å²) in [7, 11) is -1.40. The molecule has 4 aromatic rings. The summed E-state index contributed by atoms with van der Waals surface area (Å²) in [6.45, 7) is 2.19. The third-order valence-corrected chi connectivity index (χ3v) is 7.42. The number of nitrogens with zero attached hydrogens (tertiary/aromatic N) is 2. The van der Waals surface area contributed by atoms with E-state index in [1.165, 1.54) is 36.9 Å². The molecule has 0 fully saturated rings. The second-order valence-electron chi connectivity index (χ2n) is 8.55. The van der Waals surface area contributed by atoms with Crippen LogP contribution in [0.2, 0.25) is 0 Å². The second kappa shape index (κ2) is 9.92. The molecular formula is C26H26N4O5S. The van der Waals surface area contributed by atoms with E-state index < -0.39 is 33.2 Å². The Balaban J connectivity index is 1.67. The first-order chi connectivity index (χ1) is 17.1. The Labute approximate surface area is 208 Å². The van der Waals surface area contributed by atoms with Crippen LogP contribution in [-0.2, 0) is 35.5 Å². The quantitative estimate of drug-likeness (QED) is 0.397. The molecule has 1 amide bonds. The van der Waals surface area contributed by atoms with Gasteiger partial charge in [0.05, 0.1) is 15.8 Å². The Bertz CT molecular complexity index is 1660. The first-order valence-corrected chi connectivity index (χ1v) is 12.7. The maximum atomic E-state index is 13.4. The van der Waals surface area contributed by atoms with E-state index >= 15 is 0 Å². The van der Waals surface area contributed by atoms with Crippen molar-refractivity contribution in [3.63, 3.8) is 0 Å². The van der Waals surface area contributed by atoms with Gasteiger partial charge in [-0.2, -0.15) is 4.72 Å². The molecule has 9 nitrogen and oxygen atoms in total. The molecule has 0 bridgehead atoms. The van der Waals surface area contributed by atoms with E-state index in [0.29, 0.717) is 11.1 Å². The maximum Gasteiger partial charge on any atom is 0.330 e. The molecule has 0 radical (unpaired) electrons. The molecule has 4 rings (SSSR count). The number of sulfonamides is 1. The van der Waals surface area contributed by atoms with Crippen LogP contribution in [0.15, 0.2) is 87.3 Å². The minimum atomic E-state index is -4.23. The molecule has 36 heavy (non-hydrogen) atoms. The molecule has 1 aromatic heterocycles. The number of amides is 1. The van der Waals surface area contributed by atoms with Gasteiger partial charge < -0.3 is 5.32 Å². The van der Waals surface area contributed by atoms with Crippen LogP contribution in [0.1, 0.15) is 22.7 Å². The molecule has 0 aliphatic rings. The van der Waals surface area contributed by atoms with Crippen molar-refractivity contribution in [3.8, 4) is 0 Å². The summed E-state index contributed by atoms with van der Waals surface area (Å²) in [5.41, 5.74) is 1.60. The average molecular weight is 507 g/mol. The molecular weight excluding hydrogens is 480 g/mol. The van der Waals surface area contributed by atoms with Crippen molar-refractivity contribution in [1.29, 1.82) is 0 Å². The van der Waals surface area contributed by atoms with Gasteiger partial charge in [0, 0.05) is 20.6 Å². The molecule has 2 N–H and O–H groups in total. The summed E-state index contributed by atoms with van der Waals surface area (Å²) in [5.74, 6) is -0.524. The van der Waals surface area contributed by atoms with E-state index in [1.807, 2.05) is 31.2 Å². The van der Waals surface area contributed by atoms with Crippen LogP contribution in [0.3, 0.4) is 0 Å². The number of fused-ring (bicyclic) bond motifs is 1. The Hall–Kier alpha value is -4.02. The fourth-order valence-corrected chi connectivity index (χ4v) is 5.09. The highest BCUT2D eigenvalue weighted by atomic mass is 32.2. The van der Waals surface area contributed by atoms with E-state index in [4.69, 9.17) is 0 Å². The average Bonchev–Trinajstić information content (AvgIpc) is 2.89. The fraction of sp³-hybridized carbons (Fsp3) is 0.192. The van der Waals surface area contributed by atoms with Gasteiger partial charge in [-0.1, -0.05) is 60.2 Å². The summed E-state index contributed by atoms with van der Waals surface area (Å²) in [4.78, 5) is 37.8. The van der Waals surface area contributed by atoms with Crippen LogP contribution in [-0.4, -0.2) is 23.5 Å². The smallest absolute Gasteiger partial charge is 0.330 e. The Morgan fingerprint density at radius 3 is 2.25 bits per heavy atom. The van der Waals surface area contributed by atoms with Gasteiger partial charge in [-0.25, -0.2) is 13.2 Å². The molecule has 0 aliphatic carbocycles. The standard InChI is InChI=1S/C26H26N4O5S/c1-17-9-11-18(12-10-17)16-27-24(31)23(19-7-5-4-6-8-19)28-36(34,35)20-13-14-22-21(15-20)25(32)30(3)26(33)29(22)2/h4-15,23,28H,16H2,1-3H3,(H,27,31). The second-order valence-corrected chi connectivity index (χ2v) is 10.3. The minimum absolute atomic E-state index is 0.0718. The zero-order valence-electron chi connectivity index (χ0n) is 20.1. The number of carbonyl (C=O) groups is 1. The van der Waals surface area contributed by atoms with Crippen molar-refractivity contribution >= 4 is 26.8 Å². The zero-order valence-corrected chi connectivity index (χ0v) is 20.9. The summed E-state index contributed by atoms with van der Waals surface area (Å²) < 4.78 is 31.4. The minimum Gasteiger partial charge on any atom is -0.350 e. The molecule has 0 saturated carbocycles. The number of benzene rings is 3. The van der Waals surface area contributed by atoms with Crippen LogP contribution in [0.4, 0.5) is 0 Å². The van der Waals surface area contributed by atoms with Crippen LogP contribution >= 0.6 is 0 Å². The highest BCUT2D eigenvalue weighted by molar-refractivity contribution is 7.89. The predicted octanol–water partition coefficient (Wildman–Crippen LogP) is 1.88. The normalized spacial score (nSPS) is 12.4. The number of hydrogen-bond donors (Lipinski definition) is 2. The molecule has 186 valence electrons. The van der Waals surface area contributed by atoms with E-state index in [1.54, 1.807) is 30.3 Å². The van der Waals surface area contributed by atoms with Crippen LogP contribution < -0.4 is 21.3 Å². The third kappa shape index (κ3) is 5.00. The van der Waals surface area contributed by atoms with Gasteiger partial charge in [0.15, 0.2) is 0 Å². The van der Waals surface area contributed by atoms with E-state index in [0.717, 1.165) is 15.7 Å². The van der Waals surface area contributed by atoms with Crippen molar-refractivity contribution in [2.24, 2.45) is 14.1 Å². The van der Waals surface area contributed by atoms with Gasteiger partial charge in [0.1, 0.15) is 6.04 Å². The molecule has 1 atom stereocenters. The molecule has 10 heteroatoms. The van der Waals surface area contributed by atoms with Crippen LogP contribution in [0.5, 0.6) is 0 Å². The SMILES string of the molecule is Cc1ccc(CNC(=O)C(NS(=O)(=O)c2ccc3c(c2)c(=O)n(C)c(=O)n3C)c2ccccc2)cc1. The third-order valence-electron chi connectivity index (χ3n) is 6.00. The highest BCUT2D eigenvalue weighted by Gasteiger charge is 2.28. The van der Waals surface area contributed by atoms with Crippen LogP contribution in [0.25, 0.3) is 10.9 Å². The number of nitrogens with one attached hydrogen (secondary N) is 2. The van der Waals surface area contributed by atoms with E-state index in [-0.39, 0.29) is 16.8 Å². The Morgan fingerprint density at radius 2 is 1.58 bits per heavy atom. The summed E-state index contributed by atoms with van der Waals surface area (Å²) in [5, 5.41) is 2.87. The molecule has 1 heterocycles. The summed E-state index contributed by atoms with van der Waals surface area (Å²) in [6, 6.07) is 18.9. The van der Waals surface area contributed by atoms with Gasteiger partial charge in [0.25, 0.3) is 5.56 Å². The Kier molecular flexibility index (Phi) is 6.91. The summed E-state index contributed by atoms with van der Waals surface area (Å²) in [6.07, 6.45) is 0. The van der Waals surface area contributed by atoms with Gasteiger partial charge >= 0.3 is 5.69 Å². The van der Waals surface area contributed by atoms with Crippen molar-refractivity contribution < 1.29 is 13.2 Å². The lowest BCUT2D eigenvalue weighted by molar-refractivity contribution is -0.123. The number of hydrogen-bond acceptors (Lipinski definition) is 5. The topological polar surface area (TPSA) is 119 Å². The maximum absolute atomic E-state index is 13.4. The number of rotatable bonds is 7. The number of aryl methyl sites for hydroxylation is 2. The van der Waals surface area contributed by atoms with Gasteiger partial charge in [0.2, 0.25) is 15.9 Å². The zero-order chi connectivity index (χ0) is 26.0. The first-order valence-electron chi connectivity index (χ1n) is 11.2. The van der Waals surface area contributed by atoms with Crippen molar-refractivity contribution in [3.05, 3.63) is 110 Å². The van der Waals surface area contributed by atoms with Gasteiger partial charge in [-0.3, -0.25) is 18.7 Å². The first kappa shape index (κ1) is 25.1. The molecule has 0 spiro atoms. The molecule has 0 saturated heterocycles. The van der Waals surface area contributed by atoms with Gasteiger partial charge in [-0.15, -0.1) is 0 Å². The van der Waals surface area contributed by atoms with Crippen molar-refractivity contribution in [2.75, 3.05) is 0 Å². The number of carbonyl (C=O) groups excluding carboxylic acids is 1. The van der Waals surface area contributed by atoms with E-state index in [9.17, 15) is 22.8 Å². The van der Waals surface area contributed by atoms with Crippen molar-refractivity contribution in [1.82, 2.24) is 19.2 Å². The van der Waals surface area contributed by atoms with E-state index in [2.05, 4.69) is 10.0 Å². The summed E-state index contributed by atoms with van der Waals surface area (Å²) >= 11 is 0.